The highest BCUT2D eigenvalue weighted by molar-refractivity contribution is 7.19. The average Bonchev–Trinajstić information content (AvgIpc) is 3.59. The first kappa shape index (κ1) is 45.3. The fourth-order valence-corrected chi connectivity index (χ4v) is 10.6. The van der Waals surface area contributed by atoms with Crippen molar-refractivity contribution in [3.05, 3.63) is 164 Å². The lowest BCUT2D eigenvalue weighted by molar-refractivity contribution is 0.365. The average molecular weight is 807 g/mol. The summed E-state index contributed by atoms with van der Waals surface area (Å²) >= 11 is 0. The Morgan fingerprint density at radius 1 is 0.831 bits per heavy atom. The Morgan fingerprint density at radius 2 is 1.47 bits per heavy atom. The maximum absolute atomic E-state index is 4.76. The molecule has 316 valence electrons. The van der Waals surface area contributed by atoms with E-state index in [9.17, 15) is 0 Å². The molecular weight excluding hydrogens is 728 g/mol. The van der Waals surface area contributed by atoms with Gasteiger partial charge in [-0.3, -0.25) is 0 Å². The van der Waals surface area contributed by atoms with Crippen LogP contribution in [0.4, 0.5) is 0 Å². The van der Waals surface area contributed by atoms with Gasteiger partial charge in [0.1, 0.15) is 0 Å². The maximum atomic E-state index is 4.76. The van der Waals surface area contributed by atoms with Gasteiger partial charge in [0.2, 0.25) is 0 Å². The molecule has 0 bridgehead atoms. The van der Waals surface area contributed by atoms with Crippen molar-refractivity contribution in [2.45, 2.75) is 152 Å². The summed E-state index contributed by atoms with van der Waals surface area (Å²) < 4.78 is 0. The summed E-state index contributed by atoms with van der Waals surface area (Å²) in [5.74, 6) is 2.09. The molecule has 6 rings (SSSR count). The number of fused-ring (bicyclic) bond motifs is 3. The maximum Gasteiger partial charge on any atom is 0.0167 e. The SMILES string of the molecule is C=C(C=CC(=C)C(C)(C)P)C(C)C1C2=CCCC3C(C4=CC(C(C)(C)C)=CC5C4c4ccc(C(C)(C)C)cc4C5(C)C)=CC=C(C1=C(C)C(C)=CC=C(C)C(C)(C)C)C23. The predicted molar refractivity (Wildman–Crippen MR) is 264 cm³/mol. The molecule has 0 nitrogen and oxygen atoms in total. The van der Waals surface area contributed by atoms with Crippen molar-refractivity contribution in [3.63, 3.8) is 0 Å². The monoisotopic (exact) mass is 807 g/mol. The zero-order valence-corrected chi connectivity index (χ0v) is 41.5. The minimum Gasteiger partial charge on any atom is -0.127 e. The number of hydrogen-bond donors (Lipinski definition) is 0. The third-order valence-corrected chi connectivity index (χ3v) is 15.7. The van der Waals surface area contributed by atoms with E-state index in [4.69, 9.17) is 6.58 Å². The molecule has 5 aliphatic rings. The van der Waals surface area contributed by atoms with Gasteiger partial charge in [-0.15, -0.1) is 9.24 Å². The predicted octanol–water partition coefficient (Wildman–Crippen LogP) is 16.5. The Kier molecular flexibility index (Phi) is 12.0. The lowest BCUT2D eigenvalue weighted by Gasteiger charge is -2.41. The van der Waals surface area contributed by atoms with Gasteiger partial charge in [0, 0.05) is 22.9 Å². The second-order valence-corrected chi connectivity index (χ2v) is 24.7. The molecule has 1 heteroatoms. The van der Waals surface area contributed by atoms with Gasteiger partial charge in [-0.25, -0.2) is 0 Å². The molecule has 0 N–H and O–H groups in total. The molecule has 1 aromatic carbocycles. The highest BCUT2D eigenvalue weighted by Gasteiger charge is 2.53. The molecule has 0 amide bonds. The normalized spacial score (nSPS) is 27.2. The molecule has 7 atom stereocenters. The molecular formula is C58H79P. The molecule has 7 unspecified atom stereocenters. The zero-order valence-electron chi connectivity index (χ0n) is 40.3. The topological polar surface area (TPSA) is 0 Å². The van der Waals surface area contributed by atoms with E-state index in [1.54, 1.807) is 22.3 Å². The highest BCUT2D eigenvalue weighted by atomic mass is 31.0. The Labute approximate surface area is 364 Å². The van der Waals surface area contributed by atoms with Gasteiger partial charge >= 0.3 is 0 Å². The van der Waals surface area contributed by atoms with Crippen molar-refractivity contribution >= 4 is 9.24 Å². The Bertz CT molecular complexity index is 2210. The minimum absolute atomic E-state index is 0.0283. The summed E-state index contributed by atoms with van der Waals surface area (Å²) in [4.78, 5) is 0. The molecule has 5 aliphatic carbocycles. The second-order valence-electron chi connectivity index (χ2n) is 23.3. The smallest absolute Gasteiger partial charge is 0.0167 e. The van der Waals surface area contributed by atoms with Crippen LogP contribution in [0.15, 0.2) is 147 Å². The molecule has 0 aromatic heterocycles. The minimum atomic E-state index is -0.0602. The van der Waals surface area contributed by atoms with Gasteiger partial charge < -0.3 is 0 Å². The number of rotatable bonds is 8. The van der Waals surface area contributed by atoms with Crippen LogP contribution in [0.3, 0.4) is 0 Å². The Hall–Kier alpha value is -3.21. The first-order chi connectivity index (χ1) is 27.1. The fraction of sp³-hybridized carbons (Fsp3) is 0.517. The van der Waals surface area contributed by atoms with Crippen LogP contribution in [0.2, 0.25) is 0 Å². The molecule has 0 radical (unpaired) electrons. The molecule has 0 aliphatic heterocycles. The quantitative estimate of drug-likeness (QED) is 0.139. The van der Waals surface area contributed by atoms with E-state index in [0.717, 1.165) is 12.0 Å². The third-order valence-electron chi connectivity index (χ3n) is 15.3. The molecule has 1 fully saturated rings. The Balaban J connectivity index is 1.53. The highest BCUT2D eigenvalue weighted by Crippen LogP contribution is 2.64. The molecule has 0 heterocycles. The van der Waals surface area contributed by atoms with E-state index in [1.807, 2.05) is 0 Å². The van der Waals surface area contributed by atoms with Gasteiger partial charge in [0.25, 0.3) is 0 Å². The van der Waals surface area contributed by atoms with Crippen molar-refractivity contribution in [2.24, 2.45) is 40.4 Å². The van der Waals surface area contributed by atoms with E-state index in [1.165, 1.54) is 56.6 Å². The van der Waals surface area contributed by atoms with Crippen LogP contribution < -0.4 is 0 Å². The van der Waals surface area contributed by atoms with Crippen molar-refractivity contribution < 1.29 is 0 Å². The summed E-state index contributed by atoms with van der Waals surface area (Å²) in [5.41, 5.74) is 20.6. The number of allylic oxidation sites excluding steroid dienone is 20. The van der Waals surface area contributed by atoms with E-state index in [2.05, 4.69) is 206 Å². The zero-order chi connectivity index (χ0) is 43.9. The van der Waals surface area contributed by atoms with E-state index < -0.39 is 0 Å². The summed E-state index contributed by atoms with van der Waals surface area (Å²) in [7, 11) is 2.94. The first-order valence-electron chi connectivity index (χ1n) is 22.7. The van der Waals surface area contributed by atoms with Crippen molar-refractivity contribution in [3.8, 4) is 0 Å². The van der Waals surface area contributed by atoms with Crippen molar-refractivity contribution in [1.82, 2.24) is 0 Å². The van der Waals surface area contributed by atoms with E-state index in [-0.39, 0.29) is 38.7 Å². The largest absolute Gasteiger partial charge is 0.127 e. The van der Waals surface area contributed by atoms with Crippen LogP contribution in [0, 0.1) is 40.4 Å². The van der Waals surface area contributed by atoms with Crippen molar-refractivity contribution in [2.75, 3.05) is 0 Å². The van der Waals surface area contributed by atoms with Crippen LogP contribution in [0.5, 0.6) is 0 Å². The third kappa shape index (κ3) is 8.40. The summed E-state index contributed by atoms with van der Waals surface area (Å²) in [6.45, 7) is 49.2. The summed E-state index contributed by atoms with van der Waals surface area (Å²) in [6, 6.07) is 7.51. The van der Waals surface area contributed by atoms with Gasteiger partial charge in [-0.2, -0.15) is 0 Å². The molecule has 0 spiro atoms. The summed E-state index contributed by atoms with van der Waals surface area (Å²) in [5, 5.41) is -0.0602. The molecule has 1 saturated carbocycles. The molecule has 59 heavy (non-hydrogen) atoms. The van der Waals surface area contributed by atoms with Crippen LogP contribution >= 0.6 is 9.24 Å². The van der Waals surface area contributed by atoms with Crippen molar-refractivity contribution in [1.29, 1.82) is 0 Å². The van der Waals surface area contributed by atoms with Gasteiger partial charge in [0.05, 0.1) is 0 Å². The lowest BCUT2D eigenvalue weighted by atomic mass is 9.62. The van der Waals surface area contributed by atoms with Crippen LogP contribution in [-0.2, 0) is 10.8 Å². The van der Waals surface area contributed by atoms with Crippen LogP contribution in [-0.4, -0.2) is 5.16 Å². The van der Waals surface area contributed by atoms with E-state index in [0.29, 0.717) is 23.7 Å². The van der Waals surface area contributed by atoms with Crippen LogP contribution in [0.25, 0.3) is 0 Å². The van der Waals surface area contributed by atoms with Gasteiger partial charge in [-0.05, 0) is 134 Å². The number of benzene rings is 1. The molecule has 0 saturated heterocycles. The van der Waals surface area contributed by atoms with Crippen LogP contribution in [0.1, 0.15) is 153 Å². The Morgan fingerprint density at radius 3 is 2.07 bits per heavy atom. The standard InChI is InChI=1S/C58H79P/c1-34(23-25-36(3)54(7,8)9)39(6)51-46-30-29-42(43-21-20-22-45(52(43)46)50(51)38(5)35(2)24-26-37(4)58(18,19)59)47-31-41(56(13,14)15)33-49-53(47)44-28-27-40(55(10,11)12)32-48(44)57(49,16)17/h22-33,38,43,49-50,52-53H,2,4,20-21,59H2,1,3,5-19H3. The second kappa shape index (κ2) is 15.6. The van der Waals surface area contributed by atoms with E-state index >= 15 is 0 Å². The summed E-state index contributed by atoms with van der Waals surface area (Å²) in [6.07, 6.45) is 24.6. The van der Waals surface area contributed by atoms with Gasteiger partial charge in [0.15, 0.2) is 0 Å². The lowest BCUT2D eigenvalue weighted by Crippen LogP contribution is -2.32. The fourth-order valence-electron chi connectivity index (χ4n) is 10.5. The number of hydrogen-bond acceptors (Lipinski definition) is 0. The van der Waals surface area contributed by atoms with Gasteiger partial charge in [-0.1, -0.05) is 200 Å². The first-order valence-corrected chi connectivity index (χ1v) is 23.3. The molecule has 1 aromatic rings.